The quantitative estimate of drug-likeness (QED) is 0.197. The van der Waals surface area contributed by atoms with Crippen molar-refractivity contribution in [3.8, 4) is 5.69 Å². The van der Waals surface area contributed by atoms with Gasteiger partial charge in [0, 0.05) is 24.7 Å². The molecule has 2 amide bonds. The predicted octanol–water partition coefficient (Wildman–Crippen LogP) is 6.06. The molecule has 1 saturated carbocycles. The summed E-state index contributed by atoms with van der Waals surface area (Å²) in [5.74, 6) is -0.709. The highest BCUT2D eigenvalue weighted by atomic mass is 35.5. The zero-order valence-electron chi connectivity index (χ0n) is 23.0. The van der Waals surface area contributed by atoms with Gasteiger partial charge in [0.2, 0.25) is 0 Å². The molecule has 6 N–H and O–H groups in total. The van der Waals surface area contributed by atoms with Crippen molar-refractivity contribution in [2.45, 2.75) is 45.1 Å². The molecule has 1 aromatic heterocycles. The van der Waals surface area contributed by atoms with Gasteiger partial charge in [-0.15, -0.1) is 0 Å². The second-order valence-electron chi connectivity index (χ2n) is 9.94. The van der Waals surface area contributed by atoms with Gasteiger partial charge >= 0.3 is 6.18 Å². The number of amides is 2. The van der Waals surface area contributed by atoms with E-state index in [-0.39, 0.29) is 29.9 Å². The number of alkyl halides is 3. The summed E-state index contributed by atoms with van der Waals surface area (Å²) in [5, 5.41) is 10.8. The van der Waals surface area contributed by atoms with Gasteiger partial charge in [-0.2, -0.15) is 18.3 Å². The van der Waals surface area contributed by atoms with Crippen LogP contribution in [-0.4, -0.2) is 27.6 Å². The first-order valence-electron chi connectivity index (χ1n) is 13.2. The second-order valence-corrected chi connectivity index (χ2v) is 10.8. The maximum atomic E-state index is 12.9. The van der Waals surface area contributed by atoms with Gasteiger partial charge in [-0.3, -0.25) is 9.59 Å². The molecule has 0 bridgehead atoms. The van der Waals surface area contributed by atoms with Crippen LogP contribution in [0.15, 0.2) is 66.9 Å². The Labute approximate surface area is 256 Å². The molecule has 43 heavy (non-hydrogen) atoms. The molecule has 1 heterocycles. The van der Waals surface area contributed by atoms with E-state index in [1.807, 2.05) is 13.0 Å². The molecule has 13 heteroatoms. The lowest BCUT2D eigenvalue weighted by Gasteiger charge is -2.12. The number of hydrogen-bond donors (Lipinski definition) is 4. The Balaban J connectivity index is 0.000000359. The third-order valence-electron chi connectivity index (χ3n) is 6.59. The Morgan fingerprint density at radius 1 is 1.00 bits per heavy atom. The number of halogens is 5. The number of nitrogens with one attached hydrogen (secondary N) is 2. The summed E-state index contributed by atoms with van der Waals surface area (Å²) in [7, 11) is 0. The lowest BCUT2D eigenvalue weighted by atomic mass is 10.1. The smallest absolute Gasteiger partial charge is 0.383 e. The molecular weight excluding hydrogens is 604 g/mol. The summed E-state index contributed by atoms with van der Waals surface area (Å²) in [6, 6.07) is 15.4. The van der Waals surface area contributed by atoms with Gasteiger partial charge in [0.15, 0.2) is 0 Å². The average Bonchev–Trinajstić information content (AvgIpc) is 3.71. The van der Waals surface area contributed by atoms with E-state index >= 15 is 0 Å². The summed E-state index contributed by atoms with van der Waals surface area (Å²) < 4.78 is 40.0. The van der Waals surface area contributed by atoms with Crippen molar-refractivity contribution in [1.82, 2.24) is 20.4 Å². The molecule has 0 saturated heterocycles. The van der Waals surface area contributed by atoms with Gasteiger partial charge in [0.05, 0.1) is 27.5 Å². The summed E-state index contributed by atoms with van der Waals surface area (Å²) >= 11 is 11.4. The first-order chi connectivity index (χ1) is 20.4. The van der Waals surface area contributed by atoms with Crippen molar-refractivity contribution in [2.24, 2.45) is 5.73 Å². The number of nitrogen functional groups attached to an aromatic ring is 1. The minimum atomic E-state index is -4.46. The Morgan fingerprint density at radius 2 is 1.74 bits per heavy atom. The van der Waals surface area contributed by atoms with E-state index in [0.717, 1.165) is 36.1 Å². The Hall–Kier alpha value is -4.06. The monoisotopic (exact) mass is 632 g/mol. The fraction of sp³-hybridized carbons (Fsp3) is 0.233. The summed E-state index contributed by atoms with van der Waals surface area (Å²) in [5.41, 5.74) is 13.9. The zero-order chi connectivity index (χ0) is 31.3. The molecule has 0 unspecified atom stereocenters. The van der Waals surface area contributed by atoms with Gasteiger partial charge in [-0.1, -0.05) is 47.5 Å². The lowest BCUT2D eigenvalue weighted by molar-refractivity contribution is -0.137. The molecule has 0 atom stereocenters. The zero-order valence-corrected chi connectivity index (χ0v) is 24.5. The minimum absolute atomic E-state index is 0.0550. The Bertz CT molecular complexity index is 1640. The molecule has 226 valence electrons. The highest BCUT2D eigenvalue weighted by Gasteiger charge is 2.30. The highest BCUT2D eigenvalue weighted by Crippen LogP contribution is 2.30. The molecule has 1 aliphatic carbocycles. The molecule has 0 spiro atoms. The topological polar surface area (TPSA) is 128 Å². The van der Waals surface area contributed by atoms with Crippen LogP contribution in [0.1, 0.15) is 55.8 Å². The first-order valence-corrected chi connectivity index (χ1v) is 14.0. The van der Waals surface area contributed by atoms with Gasteiger partial charge in [0.25, 0.3) is 11.8 Å². The summed E-state index contributed by atoms with van der Waals surface area (Å²) in [6.45, 7) is 2.21. The van der Waals surface area contributed by atoms with Crippen molar-refractivity contribution in [2.75, 3.05) is 5.73 Å². The number of nitrogens with two attached hydrogens (primary N) is 2. The maximum Gasteiger partial charge on any atom is 0.416 e. The van der Waals surface area contributed by atoms with Gasteiger partial charge in [-0.25, -0.2) is 4.68 Å². The minimum Gasteiger partial charge on any atom is -0.383 e. The number of carbonyl (C=O) groups excluding carboxylic acids is 2. The fourth-order valence-electron chi connectivity index (χ4n) is 4.00. The van der Waals surface area contributed by atoms with Crippen LogP contribution in [0.25, 0.3) is 5.69 Å². The Kier molecular flexibility index (Phi) is 10.0. The van der Waals surface area contributed by atoms with Crippen LogP contribution in [0.3, 0.4) is 0 Å². The average molecular weight is 634 g/mol. The van der Waals surface area contributed by atoms with Crippen LogP contribution in [0.4, 0.5) is 19.0 Å². The van der Waals surface area contributed by atoms with Crippen molar-refractivity contribution in [3.05, 3.63) is 110 Å². The largest absolute Gasteiger partial charge is 0.416 e. The number of aromatic nitrogens is 2. The van der Waals surface area contributed by atoms with Crippen LogP contribution >= 0.6 is 23.2 Å². The van der Waals surface area contributed by atoms with E-state index < -0.39 is 17.6 Å². The van der Waals surface area contributed by atoms with Crippen molar-refractivity contribution < 1.29 is 22.8 Å². The van der Waals surface area contributed by atoms with E-state index in [1.165, 1.54) is 23.0 Å². The first kappa shape index (κ1) is 31.9. The number of nitrogens with zero attached hydrogens (tertiary/aromatic N) is 2. The number of anilines is 1. The highest BCUT2D eigenvalue weighted by molar-refractivity contribution is 6.42. The number of aryl methyl sites for hydroxylation is 1. The SMILES string of the molecule is Cc1ccc(C(=O)NC2CC2)cc1-n1ncc(C(=O)NCc2cccc(C(F)(F)F)c2)c1N.NCc1ccc(Cl)c(Cl)c1. The van der Waals surface area contributed by atoms with E-state index in [4.69, 9.17) is 34.7 Å². The molecule has 8 nitrogen and oxygen atoms in total. The molecular formula is C30H29Cl2F3N6O2. The van der Waals surface area contributed by atoms with E-state index in [2.05, 4.69) is 15.7 Å². The van der Waals surface area contributed by atoms with Crippen LogP contribution in [0, 0.1) is 6.92 Å². The maximum absolute atomic E-state index is 12.9. The van der Waals surface area contributed by atoms with Crippen molar-refractivity contribution in [1.29, 1.82) is 0 Å². The van der Waals surface area contributed by atoms with Crippen molar-refractivity contribution >= 4 is 40.8 Å². The molecule has 0 aliphatic heterocycles. The van der Waals surface area contributed by atoms with Gasteiger partial charge in [0.1, 0.15) is 11.4 Å². The normalized spacial score (nSPS) is 12.7. The Morgan fingerprint density at radius 3 is 2.40 bits per heavy atom. The standard InChI is InChI=1S/C23H22F3N5O2.C7H7Cl2N/c1-13-5-6-15(21(32)30-17-7-8-17)10-19(13)31-20(27)18(12-29-31)22(33)28-11-14-3-2-4-16(9-14)23(24,25)26;8-6-2-1-5(4-10)3-7(6)9/h2-6,9-10,12,17H,7-8,11,27H2,1H3,(H,28,33)(H,30,32);1-3H,4,10H2. The van der Waals surface area contributed by atoms with E-state index in [1.54, 1.807) is 30.3 Å². The number of hydrogen-bond acceptors (Lipinski definition) is 5. The molecule has 1 aliphatic rings. The van der Waals surface area contributed by atoms with Crippen molar-refractivity contribution in [3.63, 3.8) is 0 Å². The number of benzene rings is 3. The summed E-state index contributed by atoms with van der Waals surface area (Å²) in [4.78, 5) is 25.0. The third-order valence-corrected chi connectivity index (χ3v) is 7.33. The molecule has 5 rings (SSSR count). The molecule has 1 fully saturated rings. The lowest BCUT2D eigenvalue weighted by Crippen LogP contribution is -2.25. The van der Waals surface area contributed by atoms with Crippen LogP contribution < -0.4 is 22.1 Å². The van der Waals surface area contributed by atoms with Crippen LogP contribution in [0.2, 0.25) is 10.0 Å². The van der Waals surface area contributed by atoms with Crippen LogP contribution in [0.5, 0.6) is 0 Å². The van der Waals surface area contributed by atoms with Crippen LogP contribution in [-0.2, 0) is 19.3 Å². The fourth-order valence-corrected chi connectivity index (χ4v) is 4.32. The van der Waals surface area contributed by atoms with Gasteiger partial charge in [-0.05, 0) is 72.9 Å². The number of rotatable bonds is 7. The molecule has 3 aromatic carbocycles. The molecule has 0 radical (unpaired) electrons. The van der Waals surface area contributed by atoms with Gasteiger partial charge < -0.3 is 22.1 Å². The predicted molar refractivity (Wildman–Crippen MR) is 160 cm³/mol. The van der Waals surface area contributed by atoms with E-state index in [9.17, 15) is 22.8 Å². The number of carbonyl (C=O) groups is 2. The van der Waals surface area contributed by atoms with E-state index in [0.29, 0.717) is 33.4 Å². The molecule has 4 aromatic rings. The second kappa shape index (κ2) is 13.5. The summed E-state index contributed by atoms with van der Waals surface area (Å²) in [6.07, 6.45) is -1.24. The third kappa shape index (κ3) is 8.28.